The largest absolute Gasteiger partial charge is 0.256 e. The fourth-order valence-electron chi connectivity index (χ4n) is 1.63. The second kappa shape index (κ2) is 6.59. The smallest absolute Gasteiger partial charge is 0.106 e. The zero-order chi connectivity index (χ0) is 14.7. The summed E-state index contributed by atoms with van der Waals surface area (Å²) in [5.74, 6) is 0. The van der Waals surface area contributed by atoms with Gasteiger partial charge in [0.15, 0.2) is 0 Å². The monoisotopic (exact) mass is 344 g/mol. The summed E-state index contributed by atoms with van der Waals surface area (Å²) in [7, 11) is 0. The predicted octanol–water partition coefficient (Wildman–Crippen LogP) is 5.36. The molecule has 1 aromatic heterocycles. The highest BCUT2D eigenvalue weighted by Crippen LogP contribution is 2.37. The molecular formula is C15H25BrN2S. The molecule has 0 amide bonds. The van der Waals surface area contributed by atoms with E-state index in [4.69, 9.17) is 0 Å². The Bertz CT molecular complexity index is 413. The van der Waals surface area contributed by atoms with Crippen LogP contribution in [0.15, 0.2) is 22.9 Å². The van der Waals surface area contributed by atoms with Crippen molar-refractivity contribution < 1.29 is 0 Å². The molecule has 0 fully saturated rings. The van der Waals surface area contributed by atoms with Gasteiger partial charge in [0, 0.05) is 17.0 Å². The maximum atomic E-state index is 4.21. The Labute approximate surface area is 130 Å². The van der Waals surface area contributed by atoms with Gasteiger partial charge in [0.25, 0.3) is 0 Å². The van der Waals surface area contributed by atoms with Gasteiger partial charge < -0.3 is 0 Å². The number of nitrogens with one attached hydrogen (secondary N) is 1. The van der Waals surface area contributed by atoms with E-state index in [9.17, 15) is 0 Å². The lowest BCUT2D eigenvalue weighted by Crippen LogP contribution is -2.31. The quantitative estimate of drug-likeness (QED) is 0.575. The molecule has 0 spiro atoms. The van der Waals surface area contributed by atoms with Crippen molar-refractivity contribution in [1.82, 2.24) is 9.71 Å². The lowest BCUT2D eigenvalue weighted by atomic mass is 9.83. The van der Waals surface area contributed by atoms with Crippen molar-refractivity contribution in [1.29, 1.82) is 0 Å². The second-order valence-corrected chi connectivity index (χ2v) is 8.90. The third-order valence-corrected chi connectivity index (χ3v) is 4.88. The van der Waals surface area contributed by atoms with Crippen LogP contribution in [0.25, 0.3) is 0 Å². The van der Waals surface area contributed by atoms with Gasteiger partial charge in [-0.2, -0.15) is 0 Å². The van der Waals surface area contributed by atoms with Gasteiger partial charge in [0.2, 0.25) is 0 Å². The maximum Gasteiger partial charge on any atom is 0.106 e. The van der Waals surface area contributed by atoms with Crippen LogP contribution in [0.5, 0.6) is 0 Å². The van der Waals surface area contributed by atoms with Crippen molar-refractivity contribution in [2.75, 3.05) is 0 Å². The van der Waals surface area contributed by atoms with Gasteiger partial charge in [-0.05, 0) is 59.3 Å². The Morgan fingerprint density at radius 2 is 1.95 bits per heavy atom. The number of aromatic nitrogens is 1. The average molecular weight is 345 g/mol. The van der Waals surface area contributed by atoms with Crippen LogP contribution in [0.4, 0.5) is 0 Å². The van der Waals surface area contributed by atoms with Crippen LogP contribution >= 0.6 is 27.9 Å². The third-order valence-electron chi connectivity index (χ3n) is 3.25. The summed E-state index contributed by atoms with van der Waals surface area (Å²) >= 11 is 5.28. The predicted molar refractivity (Wildman–Crippen MR) is 89.2 cm³/mol. The molecule has 1 aromatic rings. The summed E-state index contributed by atoms with van der Waals surface area (Å²) in [6.07, 6.45) is 3.00. The summed E-state index contributed by atoms with van der Waals surface area (Å²) in [6.45, 7) is 13.6. The molecule has 2 nitrogen and oxygen atoms in total. The van der Waals surface area contributed by atoms with Crippen molar-refractivity contribution in [2.45, 2.75) is 58.8 Å². The van der Waals surface area contributed by atoms with Crippen molar-refractivity contribution in [2.24, 2.45) is 5.41 Å². The van der Waals surface area contributed by atoms with E-state index >= 15 is 0 Å². The number of halogens is 1. The zero-order valence-corrected chi connectivity index (χ0v) is 15.2. The maximum absolute atomic E-state index is 4.21. The summed E-state index contributed by atoms with van der Waals surface area (Å²) in [5.41, 5.74) is 1.42. The van der Waals surface area contributed by atoms with Crippen molar-refractivity contribution >= 4 is 27.9 Å². The summed E-state index contributed by atoms with van der Waals surface area (Å²) < 4.78 is 4.80. The van der Waals surface area contributed by atoms with Gasteiger partial charge in [-0.15, -0.1) is 0 Å². The first-order valence-electron chi connectivity index (χ1n) is 6.71. The van der Waals surface area contributed by atoms with E-state index in [2.05, 4.69) is 79.3 Å². The molecule has 1 rings (SSSR count). The minimum absolute atomic E-state index is 0.150. The molecule has 0 bridgehead atoms. The first-order chi connectivity index (χ1) is 8.65. The Hall–Kier alpha value is -0.0600. The SMILES string of the molecule is CCC(C)(C)SNC(c1ccnc(Br)c1)C(C)(C)C. The molecule has 1 N–H and O–H groups in total. The summed E-state index contributed by atoms with van der Waals surface area (Å²) in [4.78, 5) is 4.21. The Balaban J connectivity index is 2.91. The molecule has 4 heteroatoms. The highest BCUT2D eigenvalue weighted by molar-refractivity contribution is 9.10. The van der Waals surface area contributed by atoms with E-state index in [1.165, 1.54) is 5.56 Å². The molecule has 1 heterocycles. The number of hydrogen-bond acceptors (Lipinski definition) is 3. The first-order valence-corrected chi connectivity index (χ1v) is 8.31. The summed E-state index contributed by atoms with van der Waals surface area (Å²) in [5, 5.41) is 0. The van der Waals surface area contributed by atoms with Gasteiger partial charge in [0.05, 0.1) is 0 Å². The van der Waals surface area contributed by atoms with E-state index in [0.717, 1.165) is 11.0 Å². The van der Waals surface area contributed by atoms with Gasteiger partial charge in [-0.1, -0.05) is 39.6 Å². The van der Waals surface area contributed by atoms with Crippen LogP contribution in [-0.2, 0) is 0 Å². The molecular weight excluding hydrogens is 320 g/mol. The summed E-state index contributed by atoms with van der Waals surface area (Å²) in [6, 6.07) is 4.48. The molecule has 0 saturated carbocycles. The lowest BCUT2D eigenvalue weighted by Gasteiger charge is -2.34. The normalized spacial score (nSPS) is 14.5. The Kier molecular flexibility index (Phi) is 5.90. The van der Waals surface area contributed by atoms with Crippen LogP contribution in [0.1, 0.15) is 59.6 Å². The van der Waals surface area contributed by atoms with Gasteiger partial charge >= 0.3 is 0 Å². The molecule has 0 radical (unpaired) electrons. The minimum atomic E-state index is 0.150. The topological polar surface area (TPSA) is 24.9 Å². The Morgan fingerprint density at radius 3 is 2.42 bits per heavy atom. The third kappa shape index (κ3) is 5.44. The van der Waals surface area contributed by atoms with Gasteiger partial charge in [-0.25, -0.2) is 4.98 Å². The lowest BCUT2D eigenvalue weighted by molar-refractivity contribution is 0.309. The van der Waals surface area contributed by atoms with Crippen molar-refractivity contribution in [3.05, 3.63) is 28.5 Å². The molecule has 0 aromatic carbocycles. The van der Waals surface area contributed by atoms with Gasteiger partial charge in [0.1, 0.15) is 4.60 Å². The molecule has 1 atom stereocenters. The van der Waals surface area contributed by atoms with Crippen molar-refractivity contribution in [3.63, 3.8) is 0 Å². The van der Waals surface area contributed by atoms with Crippen LogP contribution in [-0.4, -0.2) is 9.73 Å². The molecule has 19 heavy (non-hydrogen) atoms. The van der Waals surface area contributed by atoms with E-state index in [-0.39, 0.29) is 10.2 Å². The second-order valence-electron chi connectivity index (χ2n) is 6.54. The zero-order valence-electron chi connectivity index (χ0n) is 12.7. The fourth-order valence-corrected chi connectivity index (χ4v) is 3.09. The van der Waals surface area contributed by atoms with Crippen LogP contribution in [0, 0.1) is 5.41 Å². The molecule has 108 valence electrons. The minimum Gasteiger partial charge on any atom is -0.256 e. The molecule has 1 unspecified atom stereocenters. The fraction of sp³-hybridized carbons (Fsp3) is 0.667. The number of rotatable bonds is 5. The molecule has 0 aliphatic heterocycles. The Morgan fingerprint density at radius 1 is 1.32 bits per heavy atom. The number of hydrogen-bond donors (Lipinski definition) is 1. The standard InChI is InChI=1S/C15H25BrN2S/c1-7-15(5,6)19-18-13(14(2,3)4)11-8-9-17-12(16)10-11/h8-10,13,18H,7H2,1-6H3. The highest BCUT2D eigenvalue weighted by atomic mass is 79.9. The van der Waals surface area contributed by atoms with E-state index in [0.29, 0.717) is 6.04 Å². The molecule has 0 saturated heterocycles. The van der Waals surface area contributed by atoms with E-state index in [1.807, 2.05) is 18.1 Å². The molecule has 0 aliphatic rings. The van der Waals surface area contributed by atoms with Crippen molar-refractivity contribution in [3.8, 4) is 0 Å². The van der Waals surface area contributed by atoms with E-state index in [1.54, 1.807) is 0 Å². The first kappa shape index (κ1) is 17.0. The van der Waals surface area contributed by atoms with Crippen LogP contribution < -0.4 is 4.72 Å². The number of pyridine rings is 1. The van der Waals surface area contributed by atoms with Crippen LogP contribution in [0.3, 0.4) is 0 Å². The average Bonchev–Trinajstić information content (AvgIpc) is 2.27. The van der Waals surface area contributed by atoms with E-state index < -0.39 is 0 Å². The molecule has 0 aliphatic carbocycles. The number of nitrogens with zero attached hydrogens (tertiary/aromatic N) is 1. The van der Waals surface area contributed by atoms with Crippen LogP contribution in [0.2, 0.25) is 0 Å². The highest BCUT2D eigenvalue weighted by Gasteiger charge is 2.28. The van der Waals surface area contributed by atoms with Gasteiger partial charge in [-0.3, -0.25) is 4.72 Å².